The fourth-order valence-corrected chi connectivity index (χ4v) is 4.82. The molecule has 0 saturated carbocycles. The van der Waals surface area contributed by atoms with Crippen LogP contribution in [0, 0.1) is 0 Å². The second-order valence-electron chi connectivity index (χ2n) is 8.57. The van der Waals surface area contributed by atoms with Crippen molar-refractivity contribution in [2.24, 2.45) is 0 Å². The number of amides is 1. The van der Waals surface area contributed by atoms with Crippen LogP contribution in [0.5, 0.6) is 17.2 Å². The van der Waals surface area contributed by atoms with Gasteiger partial charge in [-0.25, -0.2) is 0 Å². The molecule has 1 heterocycles. The van der Waals surface area contributed by atoms with Gasteiger partial charge in [0.2, 0.25) is 0 Å². The van der Waals surface area contributed by atoms with Crippen molar-refractivity contribution < 1.29 is 28.9 Å². The molecule has 0 spiro atoms. The molecule has 1 fully saturated rings. The first-order chi connectivity index (χ1) is 17.7. The summed E-state index contributed by atoms with van der Waals surface area (Å²) in [6.07, 6.45) is -0.0288. The molecule has 9 heteroatoms. The molecule has 0 radical (unpaired) electrons. The van der Waals surface area contributed by atoms with Gasteiger partial charge in [0.1, 0.15) is 23.0 Å². The zero-order chi connectivity index (χ0) is 26.9. The molecule has 1 amide bonds. The lowest BCUT2D eigenvalue weighted by Crippen LogP contribution is -2.29. The molecule has 1 N–H and O–H groups in total. The van der Waals surface area contributed by atoms with Crippen LogP contribution in [0.1, 0.15) is 31.0 Å². The zero-order valence-corrected chi connectivity index (χ0v) is 22.1. The Labute approximate surface area is 224 Å². The van der Waals surface area contributed by atoms with E-state index in [0.717, 1.165) is 0 Å². The fraction of sp³-hybridized carbons (Fsp3) is 0.214. The number of rotatable bonds is 7. The van der Waals surface area contributed by atoms with E-state index in [9.17, 15) is 14.7 Å². The second kappa shape index (κ2) is 10.7. The number of nitrogens with zero attached hydrogens (tertiary/aromatic N) is 1. The van der Waals surface area contributed by atoms with E-state index in [1.165, 1.54) is 31.3 Å². The van der Waals surface area contributed by atoms with Gasteiger partial charge in [-0.3, -0.25) is 14.5 Å². The van der Waals surface area contributed by atoms with Gasteiger partial charge in [-0.2, -0.15) is 0 Å². The van der Waals surface area contributed by atoms with Gasteiger partial charge < -0.3 is 19.3 Å². The molecule has 1 unspecified atom stereocenters. The molecule has 37 heavy (non-hydrogen) atoms. The Bertz CT molecular complexity index is 1370. The van der Waals surface area contributed by atoms with E-state index in [2.05, 4.69) is 0 Å². The summed E-state index contributed by atoms with van der Waals surface area (Å²) in [5.74, 6) is -0.777. The standard InChI is InChI=1S/C28H25Cl2NO6/c1-15(2)37-20-11-7-18(8-12-20)31-24(16-5-9-19(35-3)10-6-16)23(26(33)28(31)34)25(32)21-13-17(29)14-22(30)27(21)36-4/h5-15,24,32H,1-4H3/b25-23+. The molecule has 3 aromatic rings. The molecule has 1 atom stereocenters. The van der Waals surface area contributed by atoms with Crippen LogP contribution in [-0.2, 0) is 9.59 Å². The third kappa shape index (κ3) is 5.10. The maximum atomic E-state index is 13.4. The highest BCUT2D eigenvalue weighted by Crippen LogP contribution is 2.45. The Morgan fingerprint density at radius 1 is 0.919 bits per heavy atom. The first kappa shape index (κ1) is 26.4. The maximum Gasteiger partial charge on any atom is 0.300 e. The SMILES string of the molecule is COc1ccc(C2/C(=C(\O)c3cc(Cl)cc(Cl)c3OC)C(=O)C(=O)N2c2ccc(OC(C)C)cc2)cc1. The van der Waals surface area contributed by atoms with Crippen LogP contribution in [0.2, 0.25) is 10.0 Å². The highest BCUT2D eigenvalue weighted by molar-refractivity contribution is 6.52. The van der Waals surface area contributed by atoms with Crippen molar-refractivity contribution in [1.29, 1.82) is 0 Å². The minimum Gasteiger partial charge on any atom is -0.507 e. The number of aliphatic hydroxyl groups is 1. The Hall–Kier alpha value is -3.68. The van der Waals surface area contributed by atoms with Gasteiger partial charge in [-0.05, 0) is 67.9 Å². The molecule has 1 aliphatic heterocycles. The number of anilines is 1. The molecular formula is C28H25Cl2NO6. The summed E-state index contributed by atoms with van der Waals surface area (Å²) in [7, 11) is 2.92. The fourth-order valence-electron chi connectivity index (χ4n) is 4.25. The van der Waals surface area contributed by atoms with E-state index >= 15 is 0 Å². The average molecular weight is 542 g/mol. The molecule has 4 rings (SSSR count). The van der Waals surface area contributed by atoms with Gasteiger partial charge in [-0.15, -0.1) is 0 Å². The van der Waals surface area contributed by atoms with Crippen molar-refractivity contribution in [1.82, 2.24) is 0 Å². The Morgan fingerprint density at radius 2 is 1.54 bits per heavy atom. The maximum absolute atomic E-state index is 13.4. The summed E-state index contributed by atoms with van der Waals surface area (Å²) < 4.78 is 16.3. The van der Waals surface area contributed by atoms with Crippen LogP contribution in [0.25, 0.3) is 5.76 Å². The van der Waals surface area contributed by atoms with Crippen molar-refractivity contribution in [3.63, 3.8) is 0 Å². The van der Waals surface area contributed by atoms with Gasteiger partial charge >= 0.3 is 0 Å². The van der Waals surface area contributed by atoms with Crippen LogP contribution in [0.15, 0.2) is 66.2 Å². The van der Waals surface area contributed by atoms with Crippen LogP contribution < -0.4 is 19.1 Å². The van der Waals surface area contributed by atoms with Gasteiger partial charge in [0.25, 0.3) is 11.7 Å². The largest absolute Gasteiger partial charge is 0.507 e. The second-order valence-corrected chi connectivity index (χ2v) is 9.41. The molecule has 192 valence electrons. The van der Waals surface area contributed by atoms with E-state index in [1.54, 1.807) is 48.5 Å². The van der Waals surface area contributed by atoms with Crippen LogP contribution in [-0.4, -0.2) is 37.1 Å². The van der Waals surface area contributed by atoms with Gasteiger partial charge in [0.15, 0.2) is 0 Å². The van der Waals surface area contributed by atoms with E-state index in [1.807, 2.05) is 13.8 Å². The highest BCUT2D eigenvalue weighted by Gasteiger charge is 2.47. The quantitative estimate of drug-likeness (QED) is 0.211. The Kier molecular flexibility index (Phi) is 7.66. The van der Waals surface area contributed by atoms with Crippen molar-refractivity contribution in [3.05, 3.63) is 87.4 Å². The summed E-state index contributed by atoms with van der Waals surface area (Å²) in [5.41, 5.74) is 0.997. The number of carbonyl (C=O) groups is 2. The summed E-state index contributed by atoms with van der Waals surface area (Å²) in [6.45, 7) is 3.82. The van der Waals surface area contributed by atoms with E-state index in [0.29, 0.717) is 22.7 Å². The number of halogens is 2. The number of benzene rings is 3. The number of ketones is 1. The topological polar surface area (TPSA) is 85.3 Å². The molecule has 0 aliphatic carbocycles. The first-order valence-electron chi connectivity index (χ1n) is 11.4. The van der Waals surface area contributed by atoms with E-state index in [-0.39, 0.29) is 33.0 Å². The molecule has 0 bridgehead atoms. The number of Topliss-reactive ketones (excluding diaryl/α,β-unsaturated/α-hetero) is 1. The molecule has 7 nitrogen and oxygen atoms in total. The lowest BCUT2D eigenvalue weighted by Gasteiger charge is -2.26. The number of ether oxygens (including phenoxy) is 3. The van der Waals surface area contributed by atoms with Crippen LogP contribution >= 0.6 is 23.2 Å². The molecule has 1 aliphatic rings. The number of hydrogen-bond acceptors (Lipinski definition) is 6. The summed E-state index contributed by atoms with van der Waals surface area (Å²) in [5, 5.41) is 11.8. The predicted molar refractivity (Wildman–Crippen MR) is 143 cm³/mol. The molecule has 0 aromatic heterocycles. The number of hydrogen-bond donors (Lipinski definition) is 1. The van der Waals surface area contributed by atoms with Gasteiger partial charge in [-0.1, -0.05) is 35.3 Å². The monoisotopic (exact) mass is 541 g/mol. The van der Waals surface area contributed by atoms with Crippen molar-refractivity contribution in [2.45, 2.75) is 26.0 Å². The predicted octanol–water partition coefficient (Wildman–Crippen LogP) is 6.42. The van der Waals surface area contributed by atoms with Gasteiger partial charge in [0.05, 0.1) is 42.5 Å². The third-order valence-electron chi connectivity index (χ3n) is 5.83. The Morgan fingerprint density at radius 3 is 2.11 bits per heavy atom. The third-order valence-corrected chi connectivity index (χ3v) is 6.33. The van der Waals surface area contributed by atoms with E-state index in [4.69, 9.17) is 37.4 Å². The van der Waals surface area contributed by atoms with Crippen LogP contribution in [0.4, 0.5) is 5.69 Å². The lowest BCUT2D eigenvalue weighted by atomic mass is 9.94. The van der Waals surface area contributed by atoms with Gasteiger partial charge in [0, 0.05) is 10.7 Å². The summed E-state index contributed by atoms with van der Waals surface area (Å²) in [4.78, 5) is 28.2. The molecule has 1 saturated heterocycles. The van der Waals surface area contributed by atoms with Crippen molar-refractivity contribution in [3.8, 4) is 17.2 Å². The van der Waals surface area contributed by atoms with E-state index < -0.39 is 23.5 Å². The smallest absolute Gasteiger partial charge is 0.300 e. The van der Waals surface area contributed by atoms with Crippen molar-refractivity contribution >= 4 is 46.3 Å². The zero-order valence-electron chi connectivity index (χ0n) is 20.6. The summed E-state index contributed by atoms with van der Waals surface area (Å²) in [6, 6.07) is 15.6. The molecule has 3 aromatic carbocycles. The number of methoxy groups -OCH3 is 2. The normalized spacial score (nSPS) is 16.8. The lowest BCUT2D eigenvalue weighted by molar-refractivity contribution is -0.132. The van der Waals surface area contributed by atoms with Crippen molar-refractivity contribution in [2.75, 3.05) is 19.1 Å². The Balaban J connectivity index is 1.93. The number of carbonyl (C=O) groups excluding carboxylic acids is 2. The molecular weight excluding hydrogens is 517 g/mol. The minimum atomic E-state index is -0.953. The number of aliphatic hydroxyl groups excluding tert-OH is 1. The minimum absolute atomic E-state index is 0.0288. The van der Waals surface area contributed by atoms with Crippen LogP contribution in [0.3, 0.4) is 0 Å². The average Bonchev–Trinajstić information content (AvgIpc) is 3.13. The first-order valence-corrected chi connectivity index (χ1v) is 12.2. The highest BCUT2D eigenvalue weighted by atomic mass is 35.5. The summed E-state index contributed by atoms with van der Waals surface area (Å²) >= 11 is 12.5.